The van der Waals surface area contributed by atoms with E-state index in [-0.39, 0.29) is 18.1 Å². The molecule has 0 atom stereocenters. The van der Waals surface area contributed by atoms with Crippen LogP contribution in [0.1, 0.15) is 20.8 Å². The molecule has 1 aromatic rings. The highest BCUT2D eigenvalue weighted by atomic mass is 16.6. The fourth-order valence-corrected chi connectivity index (χ4v) is 1.68. The summed E-state index contributed by atoms with van der Waals surface area (Å²) in [6.45, 7) is 6.61. The van der Waals surface area contributed by atoms with Gasteiger partial charge in [-0.15, -0.1) is 0 Å². The summed E-state index contributed by atoms with van der Waals surface area (Å²) < 4.78 is 16.3. The molecule has 0 saturated heterocycles. The molecule has 0 aromatic heterocycles. The van der Waals surface area contributed by atoms with Crippen LogP contribution in [0.2, 0.25) is 0 Å². The maximum atomic E-state index is 11.8. The zero-order valence-electron chi connectivity index (χ0n) is 12.0. The lowest BCUT2D eigenvalue weighted by Gasteiger charge is -2.21. The molecule has 3 N–H and O–H groups in total. The van der Waals surface area contributed by atoms with Gasteiger partial charge in [-0.3, -0.25) is 4.79 Å². The van der Waals surface area contributed by atoms with Crippen molar-refractivity contribution >= 4 is 17.3 Å². The van der Waals surface area contributed by atoms with E-state index < -0.39 is 0 Å². The van der Waals surface area contributed by atoms with E-state index in [4.69, 9.17) is 19.9 Å². The molecule has 110 valence electrons. The molecule has 0 fully saturated rings. The van der Waals surface area contributed by atoms with E-state index in [1.54, 1.807) is 12.1 Å². The zero-order valence-corrected chi connectivity index (χ0v) is 12.0. The third kappa shape index (κ3) is 3.77. The van der Waals surface area contributed by atoms with Crippen molar-refractivity contribution in [1.82, 2.24) is 0 Å². The fourth-order valence-electron chi connectivity index (χ4n) is 1.68. The largest absolute Gasteiger partial charge is 0.486 e. The van der Waals surface area contributed by atoms with E-state index in [0.29, 0.717) is 36.1 Å². The zero-order chi connectivity index (χ0) is 14.8. The topological polar surface area (TPSA) is 82.8 Å². The molecule has 1 heterocycles. The monoisotopic (exact) mass is 280 g/mol. The van der Waals surface area contributed by atoms with Gasteiger partial charge in [-0.1, -0.05) is 0 Å². The van der Waals surface area contributed by atoms with Gasteiger partial charge >= 0.3 is 0 Å². The lowest BCUT2D eigenvalue weighted by molar-refractivity contribution is -0.125. The number of ether oxygens (including phenoxy) is 3. The molecule has 20 heavy (non-hydrogen) atoms. The number of nitrogens with two attached hydrogens (primary N) is 1. The molecule has 0 aliphatic carbocycles. The Morgan fingerprint density at radius 2 is 1.90 bits per heavy atom. The van der Waals surface area contributed by atoms with Crippen molar-refractivity contribution in [2.24, 2.45) is 0 Å². The van der Waals surface area contributed by atoms with Crippen LogP contribution in [0.5, 0.6) is 11.5 Å². The Morgan fingerprint density at radius 3 is 2.50 bits per heavy atom. The number of anilines is 2. The van der Waals surface area contributed by atoms with Crippen LogP contribution in [-0.4, -0.2) is 31.3 Å². The van der Waals surface area contributed by atoms with Gasteiger partial charge < -0.3 is 25.3 Å². The van der Waals surface area contributed by atoms with Gasteiger partial charge in [-0.25, -0.2) is 0 Å². The Bertz CT molecular complexity index is 509. The molecule has 1 aromatic carbocycles. The molecule has 6 heteroatoms. The molecule has 0 bridgehead atoms. The number of carbonyl (C=O) groups is 1. The third-order valence-electron chi connectivity index (χ3n) is 2.62. The van der Waals surface area contributed by atoms with Crippen LogP contribution in [-0.2, 0) is 9.53 Å². The highest BCUT2D eigenvalue weighted by Crippen LogP contribution is 2.36. The van der Waals surface area contributed by atoms with Gasteiger partial charge in [-0.2, -0.15) is 0 Å². The van der Waals surface area contributed by atoms with Gasteiger partial charge in [-0.05, 0) is 20.8 Å². The minimum Gasteiger partial charge on any atom is -0.486 e. The maximum absolute atomic E-state index is 11.8. The predicted octanol–water partition coefficient (Wildman–Crippen LogP) is 1.79. The summed E-state index contributed by atoms with van der Waals surface area (Å²) in [7, 11) is 0. The number of hydrogen-bond donors (Lipinski definition) is 2. The lowest BCUT2D eigenvalue weighted by atomic mass is 10.2. The van der Waals surface area contributed by atoms with E-state index in [9.17, 15) is 4.79 Å². The first-order chi connectivity index (χ1) is 9.35. The first-order valence-electron chi connectivity index (χ1n) is 6.48. The minimum atomic E-state index is -0.365. The van der Waals surface area contributed by atoms with Crippen molar-refractivity contribution in [3.63, 3.8) is 0 Å². The number of fused-ring (bicyclic) bond motifs is 1. The molecule has 0 unspecified atom stereocenters. The average Bonchev–Trinajstić information content (AvgIpc) is 2.36. The minimum absolute atomic E-state index is 0.0304. The van der Waals surface area contributed by atoms with Gasteiger partial charge in [0.2, 0.25) is 5.91 Å². The number of rotatable bonds is 3. The van der Waals surface area contributed by atoms with Crippen LogP contribution >= 0.6 is 0 Å². The van der Waals surface area contributed by atoms with Crippen molar-refractivity contribution in [3.8, 4) is 11.5 Å². The number of hydrogen-bond acceptors (Lipinski definition) is 5. The highest BCUT2D eigenvalue weighted by molar-refractivity contribution is 5.95. The smallest absolute Gasteiger partial charge is 0.250 e. The number of carbonyl (C=O) groups excluding carboxylic acids is 1. The van der Waals surface area contributed by atoms with Gasteiger partial charge in [0, 0.05) is 12.1 Å². The molecule has 1 aliphatic rings. The number of nitrogen functional groups attached to an aromatic ring is 1. The van der Waals surface area contributed by atoms with Gasteiger partial charge in [0.1, 0.15) is 19.8 Å². The first kappa shape index (κ1) is 14.5. The lowest BCUT2D eigenvalue weighted by Crippen LogP contribution is -2.27. The normalized spacial score (nSPS) is 13.9. The van der Waals surface area contributed by atoms with E-state index >= 15 is 0 Å². The molecule has 0 saturated carbocycles. The SMILES string of the molecule is CC(C)(C)OCC(=O)Nc1cc2c(cc1N)OCCO2. The van der Waals surface area contributed by atoms with Crippen LogP contribution in [0, 0.1) is 0 Å². The van der Waals surface area contributed by atoms with Crippen LogP contribution in [0.3, 0.4) is 0 Å². The van der Waals surface area contributed by atoms with Crippen molar-refractivity contribution in [3.05, 3.63) is 12.1 Å². The summed E-state index contributed by atoms with van der Waals surface area (Å²) in [4.78, 5) is 11.8. The van der Waals surface area contributed by atoms with Crippen LogP contribution in [0.15, 0.2) is 12.1 Å². The second-order valence-corrected chi connectivity index (χ2v) is 5.53. The van der Waals surface area contributed by atoms with Crippen molar-refractivity contribution in [1.29, 1.82) is 0 Å². The van der Waals surface area contributed by atoms with Gasteiger partial charge in [0.05, 0.1) is 17.0 Å². The predicted molar refractivity (Wildman–Crippen MR) is 76.2 cm³/mol. The van der Waals surface area contributed by atoms with Crippen molar-refractivity contribution < 1.29 is 19.0 Å². The Balaban J connectivity index is 2.04. The number of benzene rings is 1. The Labute approximate surface area is 118 Å². The Morgan fingerprint density at radius 1 is 1.30 bits per heavy atom. The van der Waals surface area contributed by atoms with E-state index in [1.165, 1.54) is 0 Å². The molecular weight excluding hydrogens is 260 g/mol. The Kier molecular flexibility index (Phi) is 4.04. The van der Waals surface area contributed by atoms with Crippen molar-refractivity contribution in [2.45, 2.75) is 26.4 Å². The average molecular weight is 280 g/mol. The van der Waals surface area contributed by atoms with Crippen molar-refractivity contribution in [2.75, 3.05) is 30.9 Å². The van der Waals surface area contributed by atoms with Gasteiger partial charge in [0.15, 0.2) is 11.5 Å². The summed E-state index contributed by atoms with van der Waals surface area (Å²) >= 11 is 0. The summed E-state index contributed by atoms with van der Waals surface area (Å²) in [5, 5.41) is 2.71. The first-order valence-corrected chi connectivity index (χ1v) is 6.48. The maximum Gasteiger partial charge on any atom is 0.250 e. The van der Waals surface area contributed by atoms with Gasteiger partial charge in [0.25, 0.3) is 0 Å². The van der Waals surface area contributed by atoms with Crippen LogP contribution in [0.4, 0.5) is 11.4 Å². The summed E-state index contributed by atoms with van der Waals surface area (Å²) in [6.07, 6.45) is 0. The van der Waals surface area contributed by atoms with E-state index in [2.05, 4.69) is 5.32 Å². The number of amides is 1. The summed E-state index contributed by atoms with van der Waals surface area (Å²) in [5.74, 6) is 0.915. The van der Waals surface area contributed by atoms with Crippen LogP contribution in [0.25, 0.3) is 0 Å². The summed E-state index contributed by atoms with van der Waals surface area (Å²) in [5.41, 5.74) is 6.44. The number of nitrogens with one attached hydrogen (secondary N) is 1. The molecule has 1 aliphatic heterocycles. The molecule has 6 nitrogen and oxygen atoms in total. The highest BCUT2D eigenvalue weighted by Gasteiger charge is 2.17. The standard InChI is InChI=1S/C14H20N2O4/c1-14(2,3)20-8-13(17)16-10-7-12-11(6-9(10)15)18-4-5-19-12/h6-7H,4-5,8,15H2,1-3H3,(H,16,17). The fraction of sp³-hybridized carbons (Fsp3) is 0.500. The van der Waals surface area contributed by atoms with E-state index in [1.807, 2.05) is 20.8 Å². The molecular formula is C14H20N2O4. The molecule has 1 amide bonds. The molecule has 0 spiro atoms. The second kappa shape index (κ2) is 5.58. The molecule has 2 rings (SSSR count). The Hall–Kier alpha value is -1.95. The molecule has 0 radical (unpaired) electrons. The second-order valence-electron chi connectivity index (χ2n) is 5.53. The quantitative estimate of drug-likeness (QED) is 0.825. The summed E-state index contributed by atoms with van der Waals surface area (Å²) in [6, 6.07) is 3.31. The van der Waals surface area contributed by atoms with Crippen LogP contribution < -0.4 is 20.5 Å². The van der Waals surface area contributed by atoms with E-state index in [0.717, 1.165) is 0 Å². The third-order valence-corrected chi connectivity index (χ3v) is 2.62.